The fraction of sp³-hybridized carbons (Fsp3) is 0.615. The number of hydrogen-bond acceptors (Lipinski definition) is 6. The number of carbonyl (C=O) groups is 2. The molecule has 4 unspecified atom stereocenters. The van der Waals surface area contributed by atoms with Gasteiger partial charge in [-0.2, -0.15) is 0 Å². The molecule has 34 heavy (non-hydrogen) atoms. The largest absolute Gasteiger partial charge is 0.486 e. The van der Waals surface area contributed by atoms with Crippen LogP contribution in [0.4, 0.5) is 0 Å². The maximum absolute atomic E-state index is 13.6. The van der Waals surface area contributed by atoms with Crippen molar-refractivity contribution in [2.45, 2.75) is 63.2 Å². The molecule has 3 aliphatic rings. The van der Waals surface area contributed by atoms with Crippen LogP contribution in [-0.4, -0.2) is 78.1 Å². The topological polar surface area (TPSA) is 108 Å². The lowest BCUT2D eigenvalue weighted by atomic mass is 9.77. The van der Waals surface area contributed by atoms with E-state index >= 15 is 0 Å². The average Bonchev–Trinajstić information content (AvgIpc) is 3.52. The number of nitrogens with one attached hydrogen (secondary N) is 1. The Balaban J connectivity index is 1.68. The third kappa shape index (κ3) is 4.99. The minimum atomic E-state index is -0.982. The van der Waals surface area contributed by atoms with E-state index in [4.69, 9.17) is 9.47 Å². The summed E-state index contributed by atoms with van der Waals surface area (Å²) in [4.78, 5) is 28.5. The van der Waals surface area contributed by atoms with E-state index in [1.54, 1.807) is 11.0 Å². The molecule has 3 N–H and O–H groups in total. The van der Waals surface area contributed by atoms with Gasteiger partial charge >= 0.3 is 0 Å². The summed E-state index contributed by atoms with van der Waals surface area (Å²) in [6.07, 6.45) is 4.50. The van der Waals surface area contributed by atoms with Gasteiger partial charge in [0.15, 0.2) is 0 Å². The minimum absolute atomic E-state index is 0.0263. The second-order valence-electron chi connectivity index (χ2n) is 9.24. The molecule has 1 aromatic rings. The smallest absolute Gasteiger partial charge is 0.247 e. The van der Waals surface area contributed by atoms with Crippen LogP contribution in [0, 0.1) is 5.92 Å². The van der Waals surface area contributed by atoms with Gasteiger partial charge < -0.3 is 29.9 Å². The fourth-order valence-corrected chi connectivity index (χ4v) is 5.49. The maximum atomic E-state index is 13.6. The molecule has 1 aliphatic heterocycles. The Kier molecular flexibility index (Phi) is 8.24. The molecule has 0 bridgehead atoms. The molecule has 1 fully saturated rings. The lowest BCUT2D eigenvalue weighted by Gasteiger charge is -2.41. The molecular weight excluding hydrogens is 436 g/mol. The SMILES string of the molecule is CCOCCCN(C(=O)C1CCCC1)C1C=C(C(=O)NCCO)C2c3ccccc3OC2C1O. The molecule has 186 valence electrons. The molecule has 0 radical (unpaired) electrons. The molecule has 4 rings (SSSR count). The van der Waals surface area contributed by atoms with Crippen LogP contribution in [0.25, 0.3) is 0 Å². The average molecular weight is 473 g/mol. The number of amides is 2. The third-order valence-electron chi connectivity index (χ3n) is 7.12. The summed E-state index contributed by atoms with van der Waals surface area (Å²) in [6.45, 7) is 3.45. The van der Waals surface area contributed by atoms with Gasteiger partial charge in [0, 0.05) is 43.4 Å². The Morgan fingerprint density at radius 2 is 2.00 bits per heavy atom. The Bertz CT molecular complexity index is 897. The van der Waals surface area contributed by atoms with Crippen molar-refractivity contribution in [2.75, 3.05) is 32.9 Å². The number of fused-ring (bicyclic) bond motifs is 3. The van der Waals surface area contributed by atoms with Gasteiger partial charge in [-0.25, -0.2) is 0 Å². The highest BCUT2D eigenvalue weighted by atomic mass is 16.5. The Morgan fingerprint density at radius 3 is 2.74 bits per heavy atom. The molecular formula is C26H36N2O6. The van der Waals surface area contributed by atoms with Gasteiger partial charge in [-0.1, -0.05) is 31.0 Å². The van der Waals surface area contributed by atoms with Crippen molar-refractivity contribution in [1.82, 2.24) is 10.2 Å². The predicted octanol–water partition coefficient (Wildman–Crippen LogP) is 1.75. The summed E-state index contributed by atoms with van der Waals surface area (Å²) in [5.41, 5.74) is 1.31. The van der Waals surface area contributed by atoms with Crippen molar-refractivity contribution >= 4 is 11.8 Å². The molecule has 0 aromatic heterocycles. The van der Waals surface area contributed by atoms with Crippen molar-refractivity contribution < 1.29 is 29.3 Å². The van der Waals surface area contributed by atoms with Crippen LogP contribution in [0.5, 0.6) is 5.75 Å². The number of rotatable bonds is 10. The molecule has 0 saturated heterocycles. The Labute approximate surface area is 200 Å². The van der Waals surface area contributed by atoms with Crippen LogP contribution < -0.4 is 10.1 Å². The molecule has 1 aromatic carbocycles. The number of ether oxygens (including phenoxy) is 2. The highest BCUT2D eigenvalue weighted by Crippen LogP contribution is 2.47. The lowest BCUT2D eigenvalue weighted by molar-refractivity contribution is -0.141. The second-order valence-corrected chi connectivity index (χ2v) is 9.24. The van der Waals surface area contributed by atoms with E-state index in [1.165, 1.54) is 0 Å². The van der Waals surface area contributed by atoms with Crippen LogP contribution in [0.1, 0.15) is 50.5 Å². The van der Waals surface area contributed by atoms with Gasteiger partial charge in [0.25, 0.3) is 0 Å². The number of benzene rings is 1. The van der Waals surface area contributed by atoms with Crippen molar-refractivity contribution in [2.24, 2.45) is 5.92 Å². The van der Waals surface area contributed by atoms with Gasteiger partial charge in [-0.05, 0) is 38.3 Å². The monoisotopic (exact) mass is 472 g/mol. The zero-order chi connectivity index (χ0) is 24.1. The van der Waals surface area contributed by atoms with Crippen molar-refractivity contribution in [3.63, 3.8) is 0 Å². The second kappa shape index (κ2) is 11.3. The minimum Gasteiger partial charge on any atom is -0.486 e. The molecule has 0 spiro atoms. The van der Waals surface area contributed by atoms with Crippen molar-refractivity contribution in [1.29, 1.82) is 0 Å². The first-order valence-corrected chi connectivity index (χ1v) is 12.5. The van der Waals surface area contributed by atoms with E-state index in [0.717, 1.165) is 31.2 Å². The first-order chi connectivity index (χ1) is 16.6. The van der Waals surface area contributed by atoms with E-state index in [2.05, 4.69) is 5.32 Å². The number of carbonyl (C=O) groups excluding carboxylic acids is 2. The van der Waals surface area contributed by atoms with Crippen LogP contribution in [0.15, 0.2) is 35.9 Å². The highest BCUT2D eigenvalue weighted by molar-refractivity contribution is 5.96. The molecule has 1 saturated carbocycles. The summed E-state index contributed by atoms with van der Waals surface area (Å²) >= 11 is 0. The highest BCUT2D eigenvalue weighted by Gasteiger charge is 2.50. The van der Waals surface area contributed by atoms with Crippen LogP contribution >= 0.6 is 0 Å². The molecule has 1 heterocycles. The quantitative estimate of drug-likeness (QED) is 0.448. The Hall–Kier alpha value is -2.42. The van der Waals surface area contributed by atoms with Gasteiger partial charge in [0.2, 0.25) is 11.8 Å². The fourth-order valence-electron chi connectivity index (χ4n) is 5.49. The summed E-state index contributed by atoms with van der Waals surface area (Å²) in [5.74, 6) is -0.142. The zero-order valence-electron chi connectivity index (χ0n) is 19.8. The summed E-state index contributed by atoms with van der Waals surface area (Å²) < 4.78 is 11.6. The maximum Gasteiger partial charge on any atom is 0.247 e. The van der Waals surface area contributed by atoms with Crippen LogP contribution in [-0.2, 0) is 14.3 Å². The summed E-state index contributed by atoms with van der Waals surface area (Å²) in [7, 11) is 0. The third-order valence-corrected chi connectivity index (χ3v) is 7.12. The molecule has 8 heteroatoms. The van der Waals surface area contributed by atoms with Crippen LogP contribution in [0.2, 0.25) is 0 Å². The molecule has 4 atom stereocenters. The van der Waals surface area contributed by atoms with Gasteiger partial charge in [-0.15, -0.1) is 0 Å². The lowest BCUT2D eigenvalue weighted by Crippen LogP contribution is -2.56. The van der Waals surface area contributed by atoms with Crippen molar-refractivity contribution in [3.8, 4) is 5.75 Å². The molecule has 2 amide bonds. The van der Waals surface area contributed by atoms with E-state index in [1.807, 2.05) is 31.2 Å². The van der Waals surface area contributed by atoms with E-state index < -0.39 is 24.2 Å². The normalized spacial score (nSPS) is 25.8. The first kappa shape index (κ1) is 24.7. The first-order valence-electron chi connectivity index (χ1n) is 12.5. The molecule has 2 aliphatic carbocycles. The number of nitrogens with zero attached hydrogens (tertiary/aromatic N) is 1. The van der Waals surface area contributed by atoms with Gasteiger partial charge in [0.1, 0.15) is 18.0 Å². The van der Waals surface area contributed by atoms with Gasteiger partial charge in [0.05, 0.1) is 18.6 Å². The number of hydrogen-bond donors (Lipinski definition) is 3. The predicted molar refractivity (Wildman–Crippen MR) is 126 cm³/mol. The van der Waals surface area contributed by atoms with E-state index in [9.17, 15) is 19.8 Å². The van der Waals surface area contributed by atoms with E-state index in [-0.39, 0.29) is 30.9 Å². The van der Waals surface area contributed by atoms with Crippen LogP contribution in [0.3, 0.4) is 0 Å². The van der Waals surface area contributed by atoms with E-state index in [0.29, 0.717) is 37.5 Å². The molecule has 8 nitrogen and oxygen atoms in total. The summed E-state index contributed by atoms with van der Waals surface area (Å²) in [5, 5.41) is 23.4. The Morgan fingerprint density at radius 1 is 1.24 bits per heavy atom. The number of aliphatic hydroxyl groups is 2. The van der Waals surface area contributed by atoms with Gasteiger partial charge in [-0.3, -0.25) is 9.59 Å². The number of para-hydroxylation sites is 1. The van der Waals surface area contributed by atoms with Crippen molar-refractivity contribution in [3.05, 3.63) is 41.5 Å². The summed E-state index contributed by atoms with van der Waals surface area (Å²) in [6, 6.07) is 6.81. The number of aliphatic hydroxyl groups excluding tert-OH is 2. The standard InChI is InChI=1S/C26H36N2O6/c1-2-33-15-7-13-28(26(32)17-8-3-4-9-17)20-16-19(25(31)27-12-14-29)22-18-10-5-6-11-21(18)34-24(22)23(20)30/h5-6,10-11,16-17,20,22-24,29-30H,2-4,7-9,12-15H2,1H3,(H,27,31). The zero-order valence-corrected chi connectivity index (χ0v) is 19.8.